The number of benzene rings is 4. The molecule has 73 heavy (non-hydrogen) atoms. The number of hydrogen-bond donors (Lipinski definition) is 4. The molecule has 7 atom stereocenters. The number of anilines is 2. The number of amides is 6. The third kappa shape index (κ3) is 9.26. The Labute approximate surface area is 421 Å². The van der Waals surface area contributed by atoms with Crippen molar-refractivity contribution in [2.75, 3.05) is 62.8 Å². The van der Waals surface area contributed by atoms with Crippen LogP contribution in [0.1, 0.15) is 59.9 Å². The number of hydrogen-bond acceptors (Lipinski definition) is 14. The summed E-state index contributed by atoms with van der Waals surface area (Å²) in [6.07, 6.45) is 2.30. The number of nitrogens with one attached hydrogen (secondary N) is 2. The molecule has 9 rings (SSSR count). The molecule has 0 aliphatic carbocycles. The van der Waals surface area contributed by atoms with Crippen molar-refractivity contribution in [3.8, 4) is 17.6 Å². The lowest BCUT2D eigenvalue weighted by Gasteiger charge is -2.46. The number of ether oxygens (including phenoxy) is 3. The predicted octanol–water partition coefficient (Wildman–Crippen LogP) is 3.79. The maximum absolute atomic E-state index is 16.8. The molecule has 19 nitrogen and oxygen atoms in total. The Morgan fingerprint density at radius 3 is 2.16 bits per heavy atom. The Kier molecular flexibility index (Phi) is 14.4. The molecule has 376 valence electrons. The number of esters is 2. The molecular weight excluding hydrogens is 935 g/mol. The van der Waals surface area contributed by atoms with Crippen molar-refractivity contribution in [1.29, 1.82) is 0 Å². The number of carbonyl (C=O) groups excluding carboxylic acids is 6. The van der Waals surface area contributed by atoms with Crippen molar-refractivity contribution >= 4 is 47.5 Å². The first-order valence-electron chi connectivity index (χ1n) is 24.0. The number of methoxy groups -OCH3 is 1. The summed E-state index contributed by atoms with van der Waals surface area (Å²) in [5, 5.41) is 14.9. The van der Waals surface area contributed by atoms with E-state index in [1.807, 2.05) is 70.5 Å². The number of fused-ring (bicyclic) bond motifs is 3. The number of aliphatic hydroxyl groups excluding tert-OH is 1. The van der Waals surface area contributed by atoms with E-state index in [9.17, 15) is 14.7 Å². The molecular formula is C54H55N9O10. The average molecular weight is 990 g/mol. The van der Waals surface area contributed by atoms with Crippen LogP contribution in [0.5, 0.6) is 5.75 Å². The molecule has 5 heterocycles. The van der Waals surface area contributed by atoms with Gasteiger partial charge >= 0.3 is 24.0 Å². The highest BCUT2D eigenvalue weighted by molar-refractivity contribution is 6.25. The molecule has 4 aliphatic rings. The highest BCUT2D eigenvalue weighted by atomic mass is 16.6. The maximum atomic E-state index is 16.8. The van der Waals surface area contributed by atoms with Gasteiger partial charge in [-0.3, -0.25) is 19.3 Å². The second-order valence-corrected chi connectivity index (χ2v) is 18.4. The molecule has 4 aliphatic heterocycles. The van der Waals surface area contributed by atoms with Crippen LogP contribution in [0.15, 0.2) is 122 Å². The zero-order valence-corrected chi connectivity index (χ0v) is 40.4. The first-order valence-corrected chi connectivity index (χ1v) is 24.0. The van der Waals surface area contributed by atoms with Crippen molar-refractivity contribution in [1.82, 2.24) is 30.4 Å². The SMILES string of the molecule is COC(=O)[C@@H](NC(=O)N1C(=O)[C@@]2(c3cc(C#CCNC(N)=O)ccc31)[C@H](C(=O)N1CCN(c3ncccn3)CC1)[C@H]1C(=O)O[C@H](c3ccccc3)[C@H](c3ccccc3)N1[C@@H]2c1ccc(OCCO)cc1)C(C)C. The third-order valence-corrected chi connectivity index (χ3v) is 13.9. The first kappa shape index (κ1) is 49.6. The number of piperazine rings is 1. The molecule has 0 radical (unpaired) electrons. The standard InChI is InChI=1S/C54H55N9O10/c1-33(2)42(48(66)71-3)59-53(70)62-40-22-17-34(12-10-23-56-51(55)69)32-39(40)54(50(62)68)41(47(65)60-26-28-61(29-27-60)52-57-24-11-25-58-52)44-49(67)73-45(36-15-8-5-9-16-36)43(35-13-6-4-7-14-35)63(44)46(54)37-18-20-38(21-19-37)72-31-30-64/h4-9,11,13-22,24-25,32-33,41-46,64H,23,26-31H2,1-3H3,(H,59,70)(H3,55,56,69)/t41-,42-,43-,44-,45+,46+,54-/m0/s1. The van der Waals surface area contributed by atoms with Crippen LogP contribution in [0, 0.1) is 23.7 Å². The lowest BCUT2D eigenvalue weighted by Crippen LogP contribution is -2.60. The van der Waals surface area contributed by atoms with Gasteiger partial charge in [0, 0.05) is 44.1 Å². The summed E-state index contributed by atoms with van der Waals surface area (Å²) in [5.41, 5.74) is 5.67. The number of urea groups is 2. The van der Waals surface area contributed by atoms with Gasteiger partial charge in [-0.1, -0.05) is 98.5 Å². The lowest BCUT2D eigenvalue weighted by molar-refractivity contribution is -0.179. The molecule has 0 unspecified atom stereocenters. The number of cyclic esters (lactones) is 1. The van der Waals surface area contributed by atoms with Crippen LogP contribution >= 0.6 is 0 Å². The molecule has 5 N–H and O–H groups in total. The molecule has 4 aromatic carbocycles. The molecule has 1 aromatic heterocycles. The summed E-state index contributed by atoms with van der Waals surface area (Å²) in [6, 6.07) is 25.5. The molecule has 3 saturated heterocycles. The van der Waals surface area contributed by atoms with Gasteiger partial charge in [0.1, 0.15) is 36.0 Å². The number of nitrogens with two attached hydrogens (primary N) is 1. The number of imide groups is 1. The van der Waals surface area contributed by atoms with E-state index >= 15 is 19.2 Å². The van der Waals surface area contributed by atoms with Crippen LogP contribution < -0.4 is 30.9 Å². The molecule has 1 spiro atoms. The van der Waals surface area contributed by atoms with E-state index in [1.165, 1.54) is 7.11 Å². The molecule has 6 amide bonds. The molecule has 19 heteroatoms. The fraction of sp³-hybridized carbons (Fsp3) is 0.333. The minimum absolute atomic E-state index is 0.000519. The maximum Gasteiger partial charge on any atom is 0.329 e. The van der Waals surface area contributed by atoms with E-state index < -0.39 is 83.3 Å². The first-order chi connectivity index (χ1) is 35.4. The number of aliphatic hydroxyl groups is 1. The number of nitrogens with zero attached hydrogens (tertiary/aromatic N) is 6. The van der Waals surface area contributed by atoms with Crippen LogP contribution in [0.2, 0.25) is 0 Å². The van der Waals surface area contributed by atoms with Crippen LogP contribution in [0.3, 0.4) is 0 Å². The summed E-state index contributed by atoms with van der Waals surface area (Å²) in [5.74, 6) is 1.84. The van der Waals surface area contributed by atoms with Gasteiger partial charge in [-0.25, -0.2) is 29.3 Å². The van der Waals surface area contributed by atoms with Crippen molar-refractivity contribution in [2.24, 2.45) is 17.6 Å². The quantitative estimate of drug-likeness (QED) is 0.103. The second-order valence-electron chi connectivity index (χ2n) is 18.4. The largest absolute Gasteiger partial charge is 0.491 e. The van der Waals surface area contributed by atoms with Crippen LogP contribution in [-0.4, -0.2) is 126 Å². The van der Waals surface area contributed by atoms with Gasteiger partial charge in [-0.15, -0.1) is 0 Å². The summed E-state index contributed by atoms with van der Waals surface area (Å²) >= 11 is 0. The third-order valence-electron chi connectivity index (χ3n) is 13.9. The van der Waals surface area contributed by atoms with Gasteiger partial charge < -0.3 is 45.5 Å². The van der Waals surface area contributed by atoms with E-state index in [4.69, 9.17) is 19.9 Å². The lowest BCUT2D eigenvalue weighted by atomic mass is 9.64. The topological polar surface area (TPSA) is 239 Å². The van der Waals surface area contributed by atoms with E-state index in [-0.39, 0.29) is 44.1 Å². The van der Waals surface area contributed by atoms with E-state index in [2.05, 4.69) is 32.4 Å². The van der Waals surface area contributed by atoms with Crippen LogP contribution in [0.25, 0.3) is 0 Å². The van der Waals surface area contributed by atoms with Crippen molar-refractivity contribution < 1.29 is 48.1 Å². The normalized spacial score (nSPS) is 22.6. The fourth-order valence-corrected chi connectivity index (χ4v) is 10.8. The summed E-state index contributed by atoms with van der Waals surface area (Å²) in [7, 11) is 1.20. The van der Waals surface area contributed by atoms with E-state index in [0.717, 1.165) is 4.90 Å². The van der Waals surface area contributed by atoms with Crippen LogP contribution in [0.4, 0.5) is 21.2 Å². The Hall–Kier alpha value is -8.34. The minimum Gasteiger partial charge on any atom is -0.491 e. The van der Waals surface area contributed by atoms with Gasteiger partial charge in [0.05, 0.1) is 44.0 Å². The van der Waals surface area contributed by atoms with Gasteiger partial charge in [0.25, 0.3) is 0 Å². The number of rotatable bonds is 12. The second kappa shape index (κ2) is 21.2. The Bertz CT molecular complexity index is 2930. The zero-order chi connectivity index (χ0) is 51.4. The highest BCUT2D eigenvalue weighted by Gasteiger charge is 2.76. The number of carbonyl (C=O) groups is 6. The Morgan fingerprint density at radius 1 is 0.863 bits per heavy atom. The summed E-state index contributed by atoms with van der Waals surface area (Å²) < 4.78 is 17.5. The van der Waals surface area contributed by atoms with Crippen molar-refractivity contribution in [2.45, 2.75) is 49.5 Å². The van der Waals surface area contributed by atoms with Crippen LogP contribution in [-0.2, 0) is 34.1 Å². The van der Waals surface area contributed by atoms with Gasteiger partial charge in [-0.05, 0) is 64.6 Å². The van der Waals surface area contributed by atoms with Gasteiger partial charge in [0.2, 0.25) is 17.8 Å². The minimum atomic E-state index is -2.14. The van der Waals surface area contributed by atoms with Crippen molar-refractivity contribution in [3.05, 3.63) is 149 Å². The zero-order valence-electron chi connectivity index (χ0n) is 40.4. The Morgan fingerprint density at radius 2 is 1.53 bits per heavy atom. The summed E-state index contributed by atoms with van der Waals surface area (Å²) in [6.45, 7) is 4.01. The number of aromatic nitrogens is 2. The predicted molar refractivity (Wildman–Crippen MR) is 265 cm³/mol. The molecule has 5 aromatic rings. The van der Waals surface area contributed by atoms with Gasteiger partial charge in [0.15, 0.2) is 0 Å². The molecule has 0 bridgehead atoms. The Balaban J connectivity index is 1.32. The number of morpholine rings is 1. The molecule has 3 fully saturated rings. The van der Waals surface area contributed by atoms with Gasteiger partial charge in [-0.2, -0.15) is 0 Å². The smallest absolute Gasteiger partial charge is 0.329 e. The average Bonchev–Trinajstić information content (AvgIpc) is 3.92. The molecule has 0 saturated carbocycles. The fourth-order valence-electron chi connectivity index (χ4n) is 10.8. The monoisotopic (exact) mass is 989 g/mol. The van der Waals surface area contributed by atoms with E-state index in [1.54, 1.807) is 79.7 Å². The van der Waals surface area contributed by atoms with Crippen molar-refractivity contribution in [3.63, 3.8) is 0 Å². The van der Waals surface area contributed by atoms with E-state index in [0.29, 0.717) is 47.0 Å². The number of primary amides is 1. The summed E-state index contributed by atoms with van der Waals surface area (Å²) in [4.78, 5) is 104. The highest BCUT2D eigenvalue weighted by Crippen LogP contribution is 2.66.